The van der Waals surface area contributed by atoms with E-state index < -0.39 is 0 Å². The molecule has 2 aromatic heterocycles. The van der Waals surface area contributed by atoms with Crippen molar-refractivity contribution in [2.24, 2.45) is 16.7 Å². The van der Waals surface area contributed by atoms with Crippen LogP contribution in [0.1, 0.15) is 58.6 Å². The van der Waals surface area contributed by atoms with Gasteiger partial charge in [-0.05, 0) is 87.0 Å². The van der Waals surface area contributed by atoms with Crippen LogP contribution in [0.25, 0.3) is 5.65 Å². The van der Waals surface area contributed by atoms with Crippen LogP contribution in [0.15, 0.2) is 18.5 Å². The lowest BCUT2D eigenvalue weighted by Gasteiger charge is -2.34. The van der Waals surface area contributed by atoms with Crippen molar-refractivity contribution in [2.45, 2.75) is 59.3 Å². The van der Waals surface area contributed by atoms with Crippen LogP contribution >= 0.6 is 0 Å². The molecule has 2 fully saturated rings. The average Bonchev–Trinajstić information content (AvgIpc) is 3.02. The van der Waals surface area contributed by atoms with Gasteiger partial charge in [0.2, 0.25) is 0 Å². The van der Waals surface area contributed by atoms with Gasteiger partial charge < -0.3 is 4.90 Å². The van der Waals surface area contributed by atoms with E-state index in [9.17, 15) is 0 Å². The van der Waals surface area contributed by atoms with E-state index in [0.717, 1.165) is 23.7 Å². The zero-order chi connectivity index (χ0) is 17.5. The SMILES string of the molecule is CC(C)(C)CCN1CCC2(CC1)CC2CCc1ccc2nncn2n1. The van der Waals surface area contributed by atoms with Crippen LogP contribution in [0.4, 0.5) is 0 Å². The van der Waals surface area contributed by atoms with E-state index in [1.807, 2.05) is 6.07 Å². The lowest BCUT2D eigenvalue weighted by atomic mass is 9.88. The largest absolute Gasteiger partial charge is 0.303 e. The molecule has 2 aromatic rings. The molecule has 0 N–H and O–H groups in total. The van der Waals surface area contributed by atoms with Crippen molar-refractivity contribution in [3.05, 3.63) is 24.2 Å². The Morgan fingerprint density at radius 1 is 1.20 bits per heavy atom. The highest BCUT2D eigenvalue weighted by molar-refractivity contribution is 5.34. The Kier molecular flexibility index (Phi) is 4.30. The zero-order valence-electron chi connectivity index (χ0n) is 15.9. The number of rotatable bonds is 5. The average molecular weight is 342 g/mol. The predicted octanol–water partition coefficient (Wildman–Crippen LogP) is 3.60. The molecule has 0 amide bonds. The molecule has 4 rings (SSSR count). The molecule has 1 atom stereocenters. The molecule has 0 bridgehead atoms. The van der Waals surface area contributed by atoms with Gasteiger partial charge in [-0.1, -0.05) is 20.8 Å². The monoisotopic (exact) mass is 341 g/mol. The molecular weight excluding hydrogens is 310 g/mol. The summed E-state index contributed by atoms with van der Waals surface area (Å²) in [7, 11) is 0. The number of aryl methyl sites for hydroxylation is 1. The third-order valence-corrected chi connectivity index (χ3v) is 6.35. The molecule has 136 valence electrons. The molecule has 1 spiro atoms. The standard InChI is InChI=1S/C20H31N5/c1-19(2,3)8-11-24-12-9-20(10-13-24)14-16(20)4-5-17-6-7-18-22-21-15-25(18)23-17/h6-7,15-16H,4-5,8-14H2,1-3H3. The molecule has 1 aliphatic heterocycles. The molecule has 3 heterocycles. The van der Waals surface area contributed by atoms with Crippen molar-refractivity contribution in [3.63, 3.8) is 0 Å². The van der Waals surface area contributed by atoms with Crippen LogP contribution in [0.2, 0.25) is 0 Å². The first-order valence-electron chi connectivity index (χ1n) is 9.82. The Bertz CT molecular complexity index is 721. The van der Waals surface area contributed by atoms with Gasteiger partial charge in [0.1, 0.15) is 6.33 Å². The summed E-state index contributed by atoms with van der Waals surface area (Å²) < 4.78 is 1.78. The van der Waals surface area contributed by atoms with Gasteiger partial charge in [0.05, 0.1) is 5.69 Å². The number of hydrogen-bond donors (Lipinski definition) is 0. The Balaban J connectivity index is 1.24. The van der Waals surface area contributed by atoms with Crippen molar-refractivity contribution in [3.8, 4) is 0 Å². The number of aromatic nitrogens is 4. The van der Waals surface area contributed by atoms with Crippen molar-refractivity contribution >= 4 is 5.65 Å². The van der Waals surface area contributed by atoms with Crippen LogP contribution in [0, 0.1) is 16.7 Å². The Morgan fingerprint density at radius 2 is 2.00 bits per heavy atom. The second kappa shape index (κ2) is 6.35. The fourth-order valence-corrected chi connectivity index (χ4v) is 4.39. The highest BCUT2D eigenvalue weighted by Gasteiger charge is 2.53. The lowest BCUT2D eigenvalue weighted by Crippen LogP contribution is -2.37. The molecular formula is C20H31N5. The van der Waals surface area contributed by atoms with Crippen LogP contribution < -0.4 is 0 Å². The van der Waals surface area contributed by atoms with Gasteiger partial charge in [-0.15, -0.1) is 10.2 Å². The van der Waals surface area contributed by atoms with Crippen molar-refractivity contribution in [1.82, 2.24) is 24.7 Å². The Hall–Kier alpha value is -1.49. The maximum Gasteiger partial charge on any atom is 0.177 e. The fraction of sp³-hybridized carbons (Fsp3) is 0.750. The van der Waals surface area contributed by atoms with Gasteiger partial charge in [0.25, 0.3) is 0 Å². The highest BCUT2D eigenvalue weighted by atomic mass is 15.3. The van der Waals surface area contributed by atoms with E-state index in [1.165, 1.54) is 51.7 Å². The van der Waals surface area contributed by atoms with Crippen LogP contribution in [0.3, 0.4) is 0 Å². The summed E-state index contributed by atoms with van der Waals surface area (Å²) in [4.78, 5) is 2.69. The van der Waals surface area contributed by atoms with Crippen molar-refractivity contribution in [1.29, 1.82) is 0 Å². The first kappa shape index (κ1) is 17.0. The van der Waals surface area contributed by atoms with Gasteiger partial charge in [-0.25, -0.2) is 4.52 Å². The minimum Gasteiger partial charge on any atom is -0.303 e. The third kappa shape index (κ3) is 3.86. The molecule has 1 unspecified atom stereocenters. The summed E-state index contributed by atoms with van der Waals surface area (Å²) in [6, 6.07) is 4.12. The van der Waals surface area contributed by atoms with Gasteiger partial charge >= 0.3 is 0 Å². The van der Waals surface area contributed by atoms with Crippen LogP contribution in [-0.2, 0) is 6.42 Å². The van der Waals surface area contributed by atoms with E-state index >= 15 is 0 Å². The maximum atomic E-state index is 4.61. The summed E-state index contributed by atoms with van der Waals surface area (Å²) in [6.07, 6.45) is 9.59. The van der Waals surface area contributed by atoms with E-state index in [-0.39, 0.29) is 0 Å². The molecule has 1 saturated heterocycles. The Morgan fingerprint density at radius 3 is 2.76 bits per heavy atom. The van der Waals surface area contributed by atoms with E-state index in [1.54, 1.807) is 10.8 Å². The molecule has 1 aliphatic carbocycles. The molecule has 5 nitrogen and oxygen atoms in total. The minimum absolute atomic E-state index is 0.454. The minimum atomic E-state index is 0.454. The number of fused-ring (bicyclic) bond motifs is 1. The van der Waals surface area contributed by atoms with Crippen LogP contribution in [0.5, 0.6) is 0 Å². The predicted molar refractivity (Wildman–Crippen MR) is 99.4 cm³/mol. The second-order valence-electron chi connectivity index (χ2n) is 9.41. The third-order valence-electron chi connectivity index (χ3n) is 6.35. The highest BCUT2D eigenvalue weighted by Crippen LogP contribution is 2.61. The number of hydrogen-bond acceptors (Lipinski definition) is 4. The first-order valence-corrected chi connectivity index (χ1v) is 9.82. The lowest BCUT2D eigenvalue weighted by molar-refractivity contribution is 0.145. The normalized spacial score (nSPS) is 23.4. The molecule has 0 aromatic carbocycles. The number of likely N-dealkylation sites (tertiary alicyclic amines) is 1. The van der Waals surface area contributed by atoms with Gasteiger partial charge in [0.15, 0.2) is 5.65 Å². The summed E-state index contributed by atoms with van der Waals surface area (Å²) in [6.45, 7) is 10.9. The van der Waals surface area contributed by atoms with Gasteiger partial charge in [-0.2, -0.15) is 5.10 Å². The van der Waals surface area contributed by atoms with E-state index in [0.29, 0.717) is 10.8 Å². The number of piperidine rings is 1. The molecule has 2 aliphatic rings. The maximum absolute atomic E-state index is 4.61. The number of nitrogens with zero attached hydrogens (tertiary/aromatic N) is 5. The summed E-state index contributed by atoms with van der Waals surface area (Å²) >= 11 is 0. The van der Waals surface area contributed by atoms with Gasteiger partial charge in [-0.3, -0.25) is 0 Å². The quantitative estimate of drug-likeness (QED) is 0.834. The molecule has 1 saturated carbocycles. The van der Waals surface area contributed by atoms with Gasteiger partial charge in [0, 0.05) is 0 Å². The molecule has 5 heteroatoms. The zero-order valence-corrected chi connectivity index (χ0v) is 15.9. The Labute approximate surface area is 150 Å². The molecule has 0 radical (unpaired) electrons. The summed E-state index contributed by atoms with van der Waals surface area (Å²) in [5, 5.41) is 12.5. The smallest absolute Gasteiger partial charge is 0.177 e. The second-order valence-corrected chi connectivity index (χ2v) is 9.41. The summed E-state index contributed by atoms with van der Waals surface area (Å²) in [5.41, 5.74) is 3.11. The first-order chi connectivity index (χ1) is 11.9. The van der Waals surface area contributed by atoms with E-state index in [2.05, 4.69) is 47.0 Å². The van der Waals surface area contributed by atoms with Crippen molar-refractivity contribution in [2.75, 3.05) is 19.6 Å². The van der Waals surface area contributed by atoms with E-state index in [4.69, 9.17) is 0 Å². The van der Waals surface area contributed by atoms with Crippen LogP contribution in [-0.4, -0.2) is 44.3 Å². The molecule has 25 heavy (non-hydrogen) atoms. The van der Waals surface area contributed by atoms with Crippen molar-refractivity contribution < 1.29 is 0 Å². The topological polar surface area (TPSA) is 46.3 Å². The summed E-state index contributed by atoms with van der Waals surface area (Å²) in [5.74, 6) is 0.913. The fourth-order valence-electron chi connectivity index (χ4n) is 4.39.